The molecule has 0 atom stereocenters. The van der Waals surface area contributed by atoms with Gasteiger partial charge in [-0.25, -0.2) is 4.39 Å². The highest BCUT2D eigenvalue weighted by atomic mass is 32.2. The van der Waals surface area contributed by atoms with E-state index < -0.39 is 0 Å². The Balaban J connectivity index is 1.51. The van der Waals surface area contributed by atoms with Crippen molar-refractivity contribution in [1.82, 2.24) is 20.1 Å². The lowest BCUT2D eigenvalue weighted by atomic mass is 10.0. The predicted molar refractivity (Wildman–Crippen MR) is 109 cm³/mol. The molecule has 0 aliphatic rings. The summed E-state index contributed by atoms with van der Waals surface area (Å²) in [5.74, 6) is 0.359. The lowest BCUT2D eigenvalue weighted by molar-refractivity contribution is -0.118. The molecule has 0 radical (unpaired) electrons. The molecule has 1 N–H and O–H groups in total. The van der Waals surface area contributed by atoms with Gasteiger partial charge in [0.05, 0.1) is 5.75 Å². The number of aromatic nitrogens is 3. The highest BCUT2D eigenvalue weighted by Crippen LogP contribution is 2.21. The van der Waals surface area contributed by atoms with E-state index in [-0.39, 0.29) is 17.5 Å². The van der Waals surface area contributed by atoms with Crippen molar-refractivity contribution in [2.24, 2.45) is 0 Å². The number of halogens is 1. The average Bonchev–Trinajstić information content (AvgIpc) is 3.15. The fourth-order valence-electron chi connectivity index (χ4n) is 2.74. The van der Waals surface area contributed by atoms with Gasteiger partial charge in [0.1, 0.15) is 12.1 Å². The van der Waals surface area contributed by atoms with E-state index in [9.17, 15) is 9.18 Å². The van der Waals surface area contributed by atoms with Crippen LogP contribution in [0, 0.1) is 5.82 Å². The third-order valence-corrected chi connectivity index (χ3v) is 5.25. The second kappa shape index (κ2) is 9.50. The molecule has 0 bridgehead atoms. The molecular weight excluding hydrogens is 375 g/mol. The molecule has 1 aromatic heterocycles. The number of benzene rings is 2. The first-order chi connectivity index (χ1) is 13.5. The SMILES string of the molecule is CC(C)c1ccc(-n2cnnc2SCC(=O)NCCc2cccc(F)c2)cc1. The lowest BCUT2D eigenvalue weighted by Gasteiger charge is -2.09. The van der Waals surface area contributed by atoms with Crippen molar-refractivity contribution in [2.45, 2.75) is 31.3 Å². The molecular formula is C21H23FN4OS. The monoisotopic (exact) mass is 398 g/mol. The molecule has 7 heteroatoms. The molecule has 0 aliphatic carbocycles. The first kappa shape index (κ1) is 20.1. The highest BCUT2D eigenvalue weighted by Gasteiger charge is 2.10. The molecule has 146 valence electrons. The topological polar surface area (TPSA) is 59.8 Å². The molecule has 0 fully saturated rings. The fraction of sp³-hybridized carbons (Fsp3) is 0.286. The van der Waals surface area contributed by atoms with Gasteiger partial charge in [0, 0.05) is 12.2 Å². The van der Waals surface area contributed by atoms with Crippen LogP contribution in [-0.2, 0) is 11.2 Å². The van der Waals surface area contributed by atoms with Crippen LogP contribution in [0.3, 0.4) is 0 Å². The van der Waals surface area contributed by atoms with E-state index >= 15 is 0 Å². The van der Waals surface area contributed by atoms with Gasteiger partial charge in [-0.3, -0.25) is 9.36 Å². The maximum Gasteiger partial charge on any atom is 0.230 e. The van der Waals surface area contributed by atoms with E-state index in [1.165, 1.54) is 29.5 Å². The van der Waals surface area contributed by atoms with E-state index in [0.29, 0.717) is 24.0 Å². The van der Waals surface area contributed by atoms with Gasteiger partial charge >= 0.3 is 0 Å². The van der Waals surface area contributed by atoms with E-state index in [1.807, 2.05) is 22.8 Å². The number of nitrogens with zero attached hydrogens (tertiary/aromatic N) is 3. The van der Waals surface area contributed by atoms with Crippen LogP contribution >= 0.6 is 11.8 Å². The Labute approximate surface area is 168 Å². The second-order valence-electron chi connectivity index (χ2n) is 6.75. The summed E-state index contributed by atoms with van der Waals surface area (Å²) in [5, 5.41) is 11.6. The number of carbonyl (C=O) groups is 1. The molecule has 0 saturated carbocycles. The highest BCUT2D eigenvalue weighted by molar-refractivity contribution is 7.99. The molecule has 28 heavy (non-hydrogen) atoms. The Morgan fingerprint density at radius 3 is 2.71 bits per heavy atom. The summed E-state index contributed by atoms with van der Waals surface area (Å²) in [4.78, 5) is 12.1. The smallest absolute Gasteiger partial charge is 0.230 e. The average molecular weight is 399 g/mol. The zero-order chi connectivity index (χ0) is 19.9. The van der Waals surface area contributed by atoms with E-state index in [1.54, 1.807) is 12.4 Å². The van der Waals surface area contributed by atoms with Crippen LogP contribution < -0.4 is 5.32 Å². The minimum Gasteiger partial charge on any atom is -0.355 e. The van der Waals surface area contributed by atoms with Gasteiger partial charge in [0.25, 0.3) is 0 Å². The molecule has 0 spiro atoms. The minimum atomic E-state index is -0.264. The molecule has 0 aliphatic heterocycles. The van der Waals surface area contributed by atoms with Crippen molar-refractivity contribution in [2.75, 3.05) is 12.3 Å². The van der Waals surface area contributed by atoms with Crippen molar-refractivity contribution < 1.29 is 9.18 Å². The van der Waals surface area contributed by atoms with Crippen molar-refractivity contribution in [1.29, 1.82) is 0 Å². The Bertz CT molecular complexity index is 924. The predicted octanol–water partition coefficient (Wildman–Crippen LogP) is 3.98. The summed E-state index contributed by atoms with van der Waals surface area (Å²) >= 11 is 1.33. The normalized spacial score (nSPS) is 11.0. The largest absolute Gasteiger partial charge is 0.355 e. The van der Waals surface area contributed by atoms with Crippen molar-refractivity contribution in [3.05, 3.63) is 71.8 Å². The number of thioether (sulfide) groups is 1. The number of nitrogens with one attached hydrogen (secondary N) is 1. The zero-order valence-corrected chi connectivity index (χ0v) is 16.7. The van der Waals surface area contributed by atoms with Crippen LogP contribution in [0.15, 0.2) is 60.0 Å². The van der Waals surface area contributed by atoms with E-state index in [2.05, 4.69) is 41.5 Å². The Hall–Kier alpha value is -2.67. The quantitative estimate of drug-likeness (QED) is 0.583. The number of hydrogen-bond donors (Lipinski definition) is 1. The number of hydrogen-bond acceptors (Lipinski definition) is 4. The number of rotatable bonds is 8. The summed E-state index contributed by atoms with van der Waals surface area (Å²) < 4.78 is 15.0. The van der Waals surface area contributed by atoms with Crippen molar-refractivity contribution >= 4 is 17.7 Å². The molecule has 1 heterocycles. The van der Waals surface area contributed by atoms with Gasteiger partial charge in [-0.2, -0.15) is 0 Å². The van der Waals surface area contributed by atoms with Crippen molar-refractivity contribution in [3.63, 3.8) is 0 Å². The summed E-state index contributed by atoms with van der Waals surface area (Å²) in [6.07, 6.45) is 2.24. The molecule has 3 rings (SSSR count). The van der Waals surface area contributed by atoms with Crippen LogP contribution in [0.2, 0.25) is 0 Å². The van der Waals surface area contributed by atoms with Crippen molar-refractivity contribution in [3.8, 4) is 5.69 Å². The lowest BCUT2D eigenvalue weighted by Crippen LogP contribution is -2.27. The van der Waals surface area contributed by atoms with Crippen LogP contribution in [-0.4, -0.2) is 33.0 Å². The van der Waals surface area contributed by atoms with Crippen LogP contribution in [0.5, 0.6) is 0 Å². The summed E-state index contributed by atoms with van der Waals surface area (Å²) in [7, 11) is 0. The van der Waals surface area contributed by atoms with Crippen LogP contribution in [0.25, 0.3) is 5.69 Å². The van der Waals surface area contributed by atoms with Gasteiger partial charge in [0.15, 0.2) is 5.16 Å². The molecule has 0 unspecified atom stereocenters. The van der Waals surface area contributed by atoms with Gasteiger partial charge in [-0.1, -0.05) is 49.9 Å². The molecule has 5 nitrogen and oxygen atoms in total. The summed E-state index contributed by atoms with van der Waals surface area (Å²) in [6, 6.07) is 14.6. The third kappa shape index (κ3) is 5.42. The van der Waals surface area contributed by atoms with Crippen LogP contribution in [0.1, 0.15) is 30.9 Å². The molecule has 1 amide bonds. The zero-order valence-electron chi connectivity index (χ0n) is 15.9. The van der Waals surface area contributed by atoms with Gasteiger partial charge in [-0.15, -0.1) is 10.2 Å². The van der Waals surface area contributed by atoms with E-state index in [4.69, 9.17) is 0 Å². The maximum absolute atomic E-state index is 13.2. The van der Waals surface area contributed by atoms with E-state index in [0.717, 1.165) is 11.3 Å². The number of amides is 1. The van der Waals surface area contributed by atoms with Gasteiger partial charge in [0.2, 0.25) is 5.91 Å². The molecule has 3 aromatic rings. The van der Waals surface area contributed by atoms with Gasteiger partial charge < -0.3 is 5.32 Å². The number of carbonyl (C=O) groups excluding carboxylic acids is 1. The van der Waals surface area contributed by atoms with Gasteiger partial charge in [-0.05, 0) is 47.7 Å². The first-order valence-electron chi connectivity index (χ1n) is 9.17. The Morgan fingerprint density at radius 2 is 2.00 bits per heavy atom. The fourth-order valence-corrected chi connectivity index (χ4v) is 3.50. The standard InChI is InChI=1S/C21H23FN4OS/c1-15(2)17-6-8-19(9-7-17)26-14-24-25-21(26)28-13-20(27)23-11-10-16-4-3-5-18(22)12-16/h3-9,12,14-15H,10-11,13H2,1-2H3,(H,23,27). The molecule has 2 aromatic carbocycles. The first-order valence-corrected chi connectivity index (χ1v) is 10.2. The third-order valence-electron chi connectivity index (χ3n) is 4.31. The molecule has 0 saturated heterocycles. The maximum atomic E-state index is 13.2. The summed E-state index contributed by atoms with van der Waals surface area (Å²) in [6.45, 7) is 4.77. The Morgan fingerprint density at radius 1 is 1.21 bits per heavy atom. The second-order valence-corrected chi connectivity index (χ2v) is 7.69. The minimum absolute atomic E-state index is 0.0916. The summed E-state index contributed by atoms with van der Waals surface area (Å²) in [5.41, 5.74) is 3.09. The van der Waals surface area contributed by atoms with Crippen LogP contribution in [0.4, 0.5) is 4.39 Å². The Kier molecular flexibility index (Phi) is 6.81.